The number of ether oxygens (including phenoxy) is 3. The number of rotatable bonds is 1. The molecular weight excluding hydrogens is 206 g/mol. The van der Waals surface area contributed by atoms with Gasteiger partial charge < -0.3 is 19.5 Å². The molecule has 2 aliphatic rings. The average molecular weight is 221 g/mol. The predicted octanol–water partition coefficient (Wildman–Crippen LogP) is 1.12. The minimum Gasteiger partial charge on any atom is -0.486 e. The summed E-state index contributed by atoms with van der Waals surface area (Å²) in [5, 5.41) is 3.42. The van der Waals surface area contributed by atoms with Crippen molar-refractivity contribution < 1.29 is 14.2 Å². The molecule has 1 N–H and O–H groups in total. The van der Waals surface area contributed by atoms with Crippen molar-refractivity contribution in [1.82, 2.24) is 5.32 Å². The first kappa shape index (κ1) is 9.93. The van der Waals surface area contributed by atoms with Gasteiger partial charge in [-0.25, -0.2) is 0 Å². The van der Waals surface area contributed by atoms with Crippen LogP contribution in [-0.2, 0) is 4.74 Å². The maximum atomic E-state index is 5.56. The Morgan fingerprint density at radius 3 is 2.75 bits per heavy atom. The van der Waals surface area contributed by atoms with E-state index in [1.165, 1.54) is 5.56 Å². The first-order chi connectivity index (χ1) is 7.93. The summed E-state index contributed by atoms with van der Waals surface area (Å²) >= 11 is 0. The van der Waals surface area contributed by atoms with Crippen molar-refractivity contribution in [1.29, 1.82) is 0 Å². The SMILES string of the molecule is c1cc2c(cc1[C@@H]1COCCN1)OCCO2. The third-order valence-electron chi connectivity index (χ3n) is 2.89. The van der Waals surface area contributed by atoms with Crippen LogP contribution in [0.15, 0.2) is 18.2 Å². The van der Waals surface area contributed by atoms with Crippen molar-refractivity contribution in [2.45, 2.75) is 6.04 Å². The number of fused-ring (bicyclic) bond motifs is 1. The van der Waals surface area contributed by atoms with Crippen molar-refractivity contribution in [3.05, 3.63) is 23.8 Å². The highest BCUT2D eigenvalue weighted by Gasteiger charge is 2.18. The zero-order valence-electron chi connectivity index (χ0n) is 9.07. The molecule has 86 valence electrons. The monoisotopic (exact) mass is 221 g/mol. The van der Waals surface area contributed by atoms with Crippen LogP contribution in [0.2, 0.25) is 0 Å². The summed E-state index contributed by atoms with van der Waals surface area (Å²) in [7, 11) is 0. The summed E-state index contributed by atoms with van der Waals surface area (Å²) in [6.07, 6.45) is 0. The van der Waals surface area contributed by atoms with Gasteiger partial charge in [-0.2, -0.15) is 0 Å². The topological polar surface area (TPSA) is 39.7 Å². The van der Waals surface area contributed by atoms with Gasteiger partial charge >= 0.3 is 0 Å². The molecule has 2 aliphatic heterocycles. The molecule has 0 saturated carbocycles. The molecule has 0 unspecified atom stereocenters. The van der Waals surface area contributed by atoms with Gasteiger partial charge in [0.1, 0.15) is 13.2 Å². The minimum atomic E-state index is 0.268. The molecule has 1 saturated heterocycles. The Hall–Kier alpha value is -1.26. The van der Waals surface area contributed by atoms with Crippen LogP contribution >= 0.6 is 0 Å². The molecular formula is C12H15NO3. The van der Waals surface area contributed by atoms with Crippen LogP contribution in [0, 0.1) is 0 Å². The summed E-state index contributed by atoms with van der Waals surface area (Å²) in [6.45, 7) is 3.68. The summed E-state index contributed by atoms with van der Waals surface area (Å²) in [4.78, 5) is 0. The molecule has 4 heteroatoms. The smallest absolute Gasteiger partial charge is 0.161 e. The normalized spacial score (nSPS) is 24.1. The second-order valence-electron chi connectivity index (χ2n) is 3.98. The number of morpholine rings is 1. The zero-order valence-corrected chi connectivity index (χ0v) is 9.07. The lowest BCUT2D eigenvalue weighted by Gasteiger charge is -2.26. The Balaban J connectivity index is 1.84. The van der Waals surface area contributed by atoms with E-state index in [2.05, 4.69) is 11.4 Å². The maximum Gasteiger partial charge on any atom is 0.161 e. The molecule has 1 aromatic rings. The summed E-state index contributed by atoms with van der Waals surface area (Å²) in [5.41, 5.74) is 1.20. The average Bonchev–Trinajstić information content (AvgIpc) is 2.39. The molecule has 1 fully saturated rings. The number of nitrogens with one attached hydrogen (secondary N) is 1. The fourth-order valence-corrected chi connectivity index (χ4v) is 2.06. The van der Waals surface area contributed by atoms with E-state index >= 15 is 0 Å². The fraction of sp³-hybridized carbons (Fsp3) is 0.500. The van der Waals surface area contributed by atoms with Gasteiger partial charge in [-0.05, 0) is 17.7 Å². The lowest BCUT2D eigenvalue weighted by atomic mass is 10.1. The second kappa shape index (κ2) is 4.31. The standard InChI is InChI=1S/C12H15NO3/c1-2-11-12(16-6-5-15-11)7-9(1)10-8-14-4-3-13-10/h1-2,7,10,13H,3-6,8H2/t10-/m0/s1. The molecule has 0 aromatic heterocycles. The molecule has 16 heavy (non-hydrogen) atoms. The van der Waals surface area contributed by atoms with E-state index in [4.69, 9.17) is 14.2 Å². The van der Waals surface area contributed by atoms with Crippen LogP contribution in [-0.4, -0.2) is 33.0 Å². The van der Waals surface area contributed by atoms with E-state index < -0.39 is 0 Å². The van der Waals surface area contributed by atoms with Crippen molar-refractivity contribution in [2.75, 3.05) is 33.0 Å². The van der Waals surface area contributed by atoms with Crippen molar-refractivity contribution in [3.63, 3.8) is 0 Å². The number of hydrogen-bond donors (Lipinski definition) is 1. The molecule has 4 nitrogen and oxygen atoms in total. The quantitative estimate of drug-likeness (QED) is 0.771. The maximum absolute atomic E-state index is 5.56. The highest BCUT2D eigenvalue weighted by molar-refractivity contribution is 5.44. The molecule has 3 rings (SSSR count). The number of hydrogen-bond acceptors (Lipinski definition) is 4. The van der Waals surface area contributed by atoms with Crippen molar-refractivity contribution >= 4 is 0 Å². The van der Waals surface area contributed by atoms with E-state index in [-0.39, 0.29) is 6.04 Å². The Bertz CT molecular complexity index is 375. The third kappa shape index (κ3) is 1.86. The van der Waals surface area contributed by atoms with Gasteiger partial charge in [-0.3, -0.25) is 0 Å². The van der Waals surface area contributed by atoms with Crippen LogP contribution in [0.1, 0.15) is 11.6 Å². The second-order valence-corrected chi connectivity index (χ2v) is 3.98. The van der Waals surface area contributed by atoms with Gasteiger partial charge in [0.25, 0.3) is 0 Å². The van der Waals surface area contributed by atoms with Crippen molar-refractivity contribution in [2.24, 2.45) is 0 Å². The molecule has 0 bridgehead atoms. The Morgan fingerprint density at radius 2 is 1.94 bits per heavy atom. The molecule has 0 aliphatic carbocycles. The fourth-order valence-electron chi connectivity index (χ4n) is 2.06. The van der Waals surface area contributed by atoms with Gasteiger partial charge in [0.2, 0.25) is 0 Å². The van der Waals surface area contributed by atoms with E-state index in [1.807, 2.05) is 12.1 Å². The van der Waals surface area contributed by atoms with Crippen LogP contribution in [0.5, 0.6) is 11.5 Å². The van der Waals surface area contributed by atoms with Crippen LogP contribution < -0.4 is 14.8 Å². The molecule has 1 aromatic carbocycles. The molecule has 0 radical (unpaired) electrons. The summed E-state index contributed by atoms with van der Waals surface area (Å²) < 4.78 is 16.5. The molecule has 1 atom stereocenters. The van der Waals surface area contributed by atoms with Gasteiger partial charge in [0.05, 0.1) is 19.3 Å². The lowest BCUT2D eigenvalue weighted by Crippen LogP contribution is -2.34. The van der Waals surface area contributed by atoms with Crippen LogP contribution in [0.4, 0.5) is 0 Å². The third-order valence-corrected chi connectivity index (χ3v) is 2.89. The van der Waals surface area contributed by atoms with Gasteiger partial charge in [0.15, 0.2) is 11.5 Å². The first-order valence-electron chi connectivity index (χ1n) is 5.64. The highest BCUT2D eigenvalue weighted by Crippen LogP contribution is 2.32. The Kier molecular flexibility index (Phi) is 2.68. The van der Waals surface area contributed by atoms with Crippen LogP contribution in [0.25, 0.3) is 0 Å². The van der Waals surface area contributed by atoms with E-state index in [1.54, 1.807) is 0 Å². The van der Waals surface area contributed by atoms with Crippen LogP contribution in [0.3, 0.4) is 0 Å². The summed E-state index contributed by atoms with van der Waals surface area (Å²) in [5.74, 6) is 1.68. The number of benzene rings is 1. The Labute approximate surface area is 94.5 Å². The Morgan fingerprint density at radius 1 is 1.06 bits per heavy atom. The molecule has 0 spiro atoms. The molecule has 0 amide bonds. The minimum absolute atomic E-state index is 0.268. The van der Waals surface area contributed by atoms with Gasteiger partial charge in [-0.15, -0.1) is 0 Å². The summed E-state index contributed by atoms with van der Waals surface area (Å²) in [6, 6.07) is 6.35. The largest absolute Gasteiger partial charge is 0.486 e. The predicted molar refractivity (Wildman–Crippen MR) is 59.0 cm³/mol. The van der Waals surface area contributed by atoms with Crippen molar-refractivity contribution in [3.8, 4) is 11.5 Å². The van der Waals surface area contributed by atoms with Gasteiger partial charge in [-0.1, -0.05) is 6.07 Å². The van der Waals surface area contributed by atoms with E-state index in [9.17, 15) is 0 Å². The lowest BCUT2D eigenvalue weighted by molar-refractivity contribution is 0.0766. The van der Waals surface area contributed by atoms with E-state index in [0.717, 1.165) is 31.3 Å². The first-order valence-corrected chi connectivity index (χ1v) is 5.64. The highest BCUT2D eigenvalue weighted by atomic mass is 16.6. The molecule has 2 heterocycles. The zero-order chi connectivity index (χ0) is 10.8. The van der Waals surface area contributed by atoms with E-state index in [0.29, 0.717) is 13.2 Å². The van der Waals surface area contributed by atoms with Gasteiger partial charge in [0, 0.05) is 6.54 Å².